The fraction of sp³-hybridized carbons (Fsp3) is 0.500. The van der Waals surface area contributed by atoms with Crippen LogP contribution in [0.2, 0.25) is 0 Å². The van der Waals surface area contributed by atoms with Gasteiger partial charge in [0.1, 0.15) is 5.75 Å². The third-order valence-corrected chi connectivity index (χ3v) is 2.70. The van der Waals surface area contributed by atoms with Gasteiger partial charge in [0.05, 0.1) is 0 Å². The molecule has 1 aromatic rings. The molecule has 19 heavy (non-hydrogen) atoms. The lowest BCUT2D eigenvalue weighted by atomic mass is 10.1. The van der Waals surface area contributed by atoms with E-state index in [4.69, 9.17) is 10.5 Å². The summed E-state index contributed by atoms with van der Waals surface area (Å²) in [5.41, 5.74) is 6.25. The fourth-order valence-electron chi connectivity index (χ4n) is 1.54. The summed E-state index contributed by atoms with van der Waals surface area (Å²) >= 11 is 0. The zero-order chi connectivity index (χ0) is 13.6. The van der Waals surface area contributed by atoms with Crippen molar-refractivity contribution in [1.82, 2.24) is 5.32 Å². The van der Waals surface area contributed by atoms with Gasteiger partial charge in [0.2, 0.25) is 0 Å². The number of nitrogens with one attached hydrogen (secondary N) is 1. The third kappa shape index (κ3) is 5.94. The highest BCUT2D eigenvalue weighted by Gasteiger charge is 2.18. The van der Waals surface area contributed by atoms with Crippen LogP contribution in [-0.4, -0.2) is 24.6 Å². The Kier molecular flexibility index (Phi) is 7.49. The van der Waals surface area contributed by atoms with E-state index in [9.17, 15) is 4.79 Å². The Labute approximate surface area is 121 Å². The molecule has 3 N–H and O–H groups in total. The van der Waals surface area contributed by atoms with Gasteiger partial charge in [-0.1, -0.05) is 25.1 Å². The zero-order valence-electron chi connectivity index (χ0n) is 11.7. The number of benzene rings is 1. The summed E-state index contributed by atoms with van der Waals surface area (Å²) in [6.45, 7) is 6.22. The van der Waals surface area contributed by atoms with Gasteiger partial charge < -0.3 is 15.8 Å². The van der Waals surface area contributed by atoms with Crippen LogP contribution in [0.25, 0.3) is 0 Å². The van der Waals surface area contributed by atoms with Gasteiger partial charge in [-0.25, -0.2) is 0 Å². The van der Waals surface area contributed by atoms with Crippen LogP contribution in [0.4, 0.5) is 0 Å². The van der Waals surface area contributed by atoms with E-state index in [1.54, 1.807) is 0 Å². The Morgan fingerprint density at radius 3 is 2.58 bits per heavy atom. The molecule has 0 unspecified atom stereocenters. The molecule has 1 amide bonds. The van der Waals surface area contributed by atoms with E-state index in [2.05, 4.69) is 12.2 Å². The molecule has 0 aliphatic carbocycles. The van der Waals surface area contributed by atoms with Gasteiger partial charge in [-0.15, -0.1) is 12.4 Å². The predicted molar refractivity (Wildman–Crippen MR) is 79.8 cm³/mol. The van der Waals surface area contributed by atoms with Crippen molar-refractivity contribution in [2.45, 2.75) is 32.7 Å². The summed E-state index contributed by atoms with van der Waals surface area (Å²) in [7, 11) is 0. The molecule has 5 heteroatoms. The van der Waals surface area contributed by atoms with Crippen molar-refractivity contribution in [2.24, 2.45) is 5.73 Å². The van der Waals surface area contributed by atoms with Crippen LogP contribution in [0.1, 0.15) is 26.3 Å². The SMILES string of the molecule is CCc1ccccc1OCC(=O)NC(C)(C)CN.Cl. The number of carbonyl (C=O) groups is 1. The molecule has 0 bridgehead atoms. The highest BCUT2D eigenvalue weighted by Crippen LogP contribution is 2.18. The summed E-state index contributed by atoms with van der Waals surface area (Å²) in [4.78, 5) is 11.7. The lowest BCUT2D eigenvalue weighted by Gasteiger charge is -2.24. The number of amides is 1. The molecule has 0 saturated heterocycles. The van der Waals surface area contributed by atoms with Crippen LogP contribution in [0, 0.1) is 0 Å². The van der Waals surface area contributed by atoms with Crippen LogP contribution >= 0.6 is 12.4 Å². The number of ether oxygens (including phenoxy) is 1. The molecule has 0 aromatic heterocycles. The minimum atomic E-state index is -0.398. The lowest BCUT2D eigenvalue weighted by molar-refractivity contribution is -0.124. The van der Waals surface area contributed by atoms with Crippen LogP contribution in [-0.2, 0) is 11.2 Å². The van der Waals surface area contributed by atoms with Gasteiger partial charge in [0, 0.05) is 12.1 Å². The van der Waals surface area contributed by atoms with E-state index in [1.807, 2.05) is 38.1 Å². The second-order valence-electron chi connectivity index (χ2n) is 4.89. The number of hydrogen-bond donors (Lipinski definition) is 2. The van der Waals surface area contributed by atoms with Crippen molar-refractivity contribution in [3.8, 4) is 5.75 Å². The smallest absolute Gasteiger partial charge is 0.258 e. The Morgan fingerprint density at radius 1 is 1.37 bits per heavy atom. The molecule has 0 radical (unpaired) electrons. The van der Waals surface area contributed by atoms with Gasteiger partial charge >= 0.3 is 0 Å². The quantitative estimate of drug-likeness (QED) is 0.839. The van der Waals surface area contributed by atoms with E-state index < -0.39 is 5.54 Å². The zero-order valence-corrected chi connectivity index (χ0v) is 12.5. The molecule has 0 atom stereocenters. The average Bonchev–Trinajstić information content (AvgIpc) is 2.36. The molecule has 1 aromatic carbocycles. The van der Waals surface area contributed by atoms with Crippen LogP contribution < -0.4 is 15.8 Å². The first-order valence-electron chi connectivity index (χ1n) is 6.20. The van der Waals surface area contributed by atoms with Crippen molar-refractivity contribution >= 4 is 18.3 Å². The van der Waals surface area contributed by atoms with Gasteiger partial charge in [0.25, 0.3) is 5.91 Å². The largest absolute Gasteiger partial charge is 0.483 e. The number of carbonyl (C=O) groups excluding carboxylic acids is 1. The Hall–Kier alpha value is -1.26. The second kappa shape index (κ2) is 8.02. The second-order valence-corrected chi connectivity index (χ2v) is 4.89. The molecule has 108 valence electrons. The molecule has 0 aliphatic heterocycles. The third-order valence-electron chi connectivity index (χ3n) is 2.70. The Morgan fingerprint density at radius 2 is 2.00 bits per heavy atom. The van der Waals surface area contributed by atoms with Crippen molar-refractivity contribution in [3.63, 3.8) is 0 Å². The molecular weight excluding hydrogens is 264 g/mol. The molecule has 0 aliphatic rings. The number of halogens is 1. The van der Waals surface area contributed by atoms with E-state index in [-0.39, 0.29) is 24.9 Å². The molecular formula is C14H23ClN2O2. The molecule has 4 nitrogen and oxygen atoms in total. The maximum absolute atomic E-state index is 11.7. The van der Waals surface area contributed by atoms with Gasteiger partial charge in [-0.3, -0.25) is 4.79 Å². The van der Waals surface area contributed by atoms with E-state index in [1.165, 1.54) is 0 Å². The predicted octanol–water partition coefficient (Wildman–Crippen LogP) is 1.90. The summed E-state index contributed by atoms with van der Waals surface area (Å²) < 4.78 is 5.53. The van der Waals surface area contributed by atoms with E-state index >= 15 is 0 Å². The Balaban J connectivity index is 0.00000324. The van der Waals surface area contributed by atoms with Crippen LogP contribution in [0.5, 0.6) is 5.75 Å². The Bertz CT molecular complexity index is 408. The summed E-state index contributed by atoms with van der Waals surface area (Å²) in [6.07, 6.45) is 0.881. The molecule has 0 saturated carbocycles. The number of rotatable bonds is 6. The van der Waals surface area contributed by atoms with Gasteiger partial charge in [-0.05, 0) is 31.9 Å². The number of para-hydroxylation sites is 1. The topological polar surface area (TPSA) is 64.3 Å². The summed E-state index contributed by atoms with van der Waals surface area (Å²) in [5, 5.41) is 2.82. The number of nitrogens with two attached hydrogens (primary N) is 1. The van der Waals surface area contributed by atoms with E-state index in [0.29, 0.717) is 6.54 Å². The first-order valence-corrected chi connectivity index (χ1v) is 6.20. The van der Waals surface area contributed by atoms with Crippen molar-refractivity contribution in [3.05, 3.63) is 29.8 Å². The van der Waals surface area contributed by atoms with Crippen LogP contribution in [0.3, 0.4) is 0 Å². The average molecular weight is 287 g/mol. The normalized spacial score (nSPS) is 10.5. The van der Waals surface area contributed by atoms with Crippen LogP contribution in [0.15, 0.2) is 24.3 Å². The molecule has 0 heterocycles. The first-order chi connectivity index (χ1) is 8.48. The highest BCUT2D eigenvalue weighted by molar-refractivity contribution is 5.85. The van der Waals surface area contributed by atoms with Gasteiger partial charge in [0.15, 0.2) is 6.61 Å². The lowest BCUT2D eigenvalue weighted by Crippen LogP contribution is -2.50. The first kappa shape index (κ1) is 17.7. The monoisotopic (exact) mass is 286 g/mol. The molecule has 0 fully saturated rings. The number of aryl methyl sites for hydroxylation is 1. The van der Waals surface area contributed by atoms with E-state index in [0.717, 1.165) is 17.7 Å². The molecule has 1 rings (SSSR count). The van der Waals surface area contributed by atoms with Crippen molar-refractivity contribution in [1.29, 1.82) is 0 Å². The standard InChI is InChI=1S/C14H22N2O2.ClH/c1-4-11-7-5-6-8-12(11)18-9-13(17)16-14(2,3)10-15;/h5-8H,4,9-10,15H2,1-3H3,(H,16,17);1H. The summed E-state index contributed by atoms with van der Waals surface area (Å²) in [6, 6.07) is 7.73. The number of hydrogen-bond acceptors (Lipinski definition) is 3. The summed E-state index contributed by atoms with van der Waals surface area (Å²) in [5.74, 6) is 0.608. The maximum atomic E-state index is 11.7. The highest BCUT2D eigenvalue weighted by atomic mass is 35.5. The van der Waals surface area contributed by atoms with Crippen molar-refractivity contribution < 1.29 is 9.53 Å². The fourth-order valence-corrected chi connectivity index (χ4v) is 1.54. The minimum absolute atomic E-state index is 0. The molecule has 0 spiro atoms. The maximum Gasteiger partial charge on any atom is 0.258 e. The van der Waals surface area contributed by atoms with Crippen molar-refractivity contribution in [2.75, 3.05) is 13.2 Å². The minimum Gasteiger partial charge on any atom is -0.483 e. The van der Waals surface area contributed by atoms with Gasteiger partial charge in [-0.2, -0.15) is 0 Å².